The Kier molecular flexibility index (Phi) is 6.49. The van der Waals surface area contributed by atoms with E-state index < -0.39 is 0 Å². The number of hydrogen-bond acceptors (Lipinski definition) is 8. The molecule has 0 bridgehead atoms. The Labute approximate surface area is 212 Å². The first-order chi connectivity index (χ1) is 17.3. The number of nitrogen functional groups attached to an aromatic ring is 1. The number of aromatic nitrogens is 3. The molecule has 4 heterocycles. The summed E-state index contributed by atoms with van der Waals surface area (Å²) < 4.78 is 0. The van der Waals surface area contributed by atoms with Crippen molar-refractivity contribution in [2.75, 3.05) is 62.9 Å². The van der Waals surface area contributed by atoms with Gasteiger partial charge in [0.05, 0.1) is 0 Å². The van der Waals surface area contributed by atoms with Crippen LogP contribution in [0.25, 0.3) is 11.1 Å². The lowest BCUT2D eigenvalue weighted by molar-refractivity contribution is 0.0822. The van der Waals surface area contributed by atoms with Crippen LogP contribution in [-0.2, 0) is 13.0 Å². The zero-order chi connectivity index (χ0) is 25.4. The molecule has 1 aromatic carbocycles. The van der Waals surface area contributed by atoms with Crippen LogP contribution in [0.1, 0.15) is 28.5 Å². The molecule has 0 radical (unpaired) electrons. The molecule has 0 saturated carbocycles. The number of rotatable bonds is 4. The van der Waals surface area contributed by atoms with Gasteiger partial charge in [-0.3, -0.25) is 9.78 Å². The van der Waals surface area contributed by atoms with E-state index in [9.17, 15) is 4.79 Å². The molecule has 36 heavy (non-hydrogen) atoms. The first-order valence-corrected chi connectivity index (χ1v) is 12.4. The van der Waals surface area contributed by atoms with Crippen LogP contribution >= 0.6 is 0 Å². The third-order valence-corrected chi connectivity index (χ3v) is 7.15. The molecule has 1 unspecified atom stereocenters. The van der Waals surface area contributed by atoms with E-state index in [1.807, 2.05) is 12.1 Å². The maximum Gasteiger partial charge on any atom is 0.271 e. The van der Waals surface area contributed by atoms with E-state index in [1.165, 1.54) is 11.1 Å². The standard InChI is InChI=1S/C27H34N8O/c1-18-13-19-5-6-20(21-7-8-29-23(15-21)26(36)32(2)3)14-22(19)17-35(18)25-16-24(30-27(28)31-25)34-11-9-33(4)10-12-34/h5-8,14-16,18H,9-13,17H2,1-4H3,(H2,28,30,31). The van der Waals surface area contributed by atoms with Crippen molar-refractivity contribution < 1.29 is 4.79 Å². The molecule has 1 atom stereocenters. The molecule has 2 aromatic heterocycles. The molecule has 9 heteroatoms. The Morgan fingerprint density at radius 3 is 2.44 bits per heavy atom. The van der Waals surface area contributed by atoms with E-state index >= 15 is 0 Å². The predicted octanol–water partition coefficient (Wildman–Crippen LogP) is 2.53. The molecule has 2 N–H and O–H groups in total. The SMILES string of the molecule is CC1Cc2ccc(-c3ccnc(C(=O)N(C)C)c3)cc2CN1c1cc(N2CCN(C)CC2)nc(N)n1. The molecule has 188 valence electrons. The number of amides is 1. The topological polar surface area (TPSA) is 94.7 Å². The van der Waals surface area contributed by atoms with Crippen LogP contribution in [0.4, 0.5) is 17.6 Å². The van der Waals surface area contributed by atoms with Crippen molar-refractivity contribution in [3.8, 4) is 11.1 Å². The normalized spacial score (nSPS) is 18.2. The fourth-order valence-electron chi connectivity index (χ4n) is 4.97. The van der Waals surface area contributed by atoms with Crippen molar-refractivity contribution in [1.82, 2.24) is 24.8 Å². The Morgan fingerprint density at radius 1 is 0.972 bits per heavy atom. The summed E-state index contributed by atoms with van der Waals surface area (Å²) in [4.78, 5) is 34.3. The van der Waals surface area contributed by atoms with E-state index in [-0.39, 0.29) is 11.9 Å². The summed E-state index contributed by atoms with van der Waals surface area (Å²) >= 11 is 0. The van der Waals surface area contributed by atoms with Gasteiger partial charge in [0.2, 0.25) is 5.95 Å². The van der Waals surface area contributed by atoms with Gasteiger partial charge in [0.1, 0.15) is 17.3 Å². The number of hydrogen-bond donors (Lipinski definition) is 1. The van der Waals surface area contributed by atoms with Gasteiger partial charge in [-0.05, 0) is 60.8 Å². The minimum Gasteiger partial charge on any atom is -0.368 e. The Hall–Kier alpha value is -3.72. The van der Waals surface area contributed by atoms with E-state index in [0.29, 0.717) is 11.6 Å². The number of pyridine rings is 1. The lowest BCUT2D eigenvalue weighted by Crippen LogP contribution is -2.45. The minimum atomic E-state index is -0.104. The van der Waals surface area contributed by atoms with Crippen molar-refractivity contribution >= 4 is 23.5 Å². The second-order valence-electron chi connectivity index (χ2n) is 10.0. The summed E-state index contributed by atoms with van der Waals surface area (Å²) in [5, 5.41) is 0. The van der Waals surface area contributed by atoms with Gasteiger partial charge < -0.3 is 25.3 Å². The van der Waals surface area contributed by atoms with Crippen molar-refractivity contribution in [2.45, 2.75) is 25.9 Å². The lowest BCUT2D eigenvalue weighted by atomic mass is 9.91. The number of anilines is 3. The van der Waals surface area contributed by atoms with Crippen molar-refractivity contribution in [2.24, 2.45) is 0 Å². The molecule has 9 nitrogen and oxygen atoms in total. The van der Waals surface area contributed by atoms with Crippen LogP contribution in [0.15, 0.2) is 42.6 Å². The van der Waals surface area contributed by atoms with Crippen molar-refractivity contribution in [1.29, 1.82) is 0 Å². The molecule has 5 rings (SSSR count). The van der Waals surface area contributed by atoms with Gasteiger partial charge >= 0.3 is 0 Å². The van der Waals surface area contributed by atoms with Gasteiger partial charge in [0.25, 0.3) is 5.91 Å². The Morgan fingerprint density at radius 2 is 1.69 bits per heavy atom. The van der Waals surface area contributed by atoms with Gasteiger partial charge in [-0.15, -0.1) is 0 Å². The van der Waals surface area contributed by atoms with Gasteiger partial charge in [-0.2, -0.15) is 9.97 Å². The molecule has 2 aliphatic heterocycles. The van der Waals surface area contributed by atoms with Crippen molar-refractivity contribution in [3.05, 3.63) is 59.4 Å². The number of carbonyl (C=O) groups excluding carboxylic acids is 1. The highest BCUT2D eigenvalue weighted by Crippen LogP contribution is 2.32. The number of likely N-dealkylation sites (N-methyl/N-ethyl adjacent to an activating group) is 1. The average Bonchev–Trinajstić information content (AvgIpc) is 2.87. The van der Waals surface area contributed by atoms with Gasteiger partial charge in [0, 0.05) is 65.1 Å². The van der Waals surface area contributed by atoms with E-state index in [1.54, 1.807) is 25.2 Å². The Balaban J connectivity index is 1.43. The fourth-order valence-corrected chi connectivity index (χ4v) is 4.97. The lowest BCUT2D eigenvalue weighted by Gasteiger charge is -2.37. The number of piperazine rings is 1. The first kappa shape index (κ1) is 24.0. The van der Waals surface area contributed by atoms with E-state index in [2.05, 4.69) is 67.9 Å². The van der Waals surface area contributed by atoms with Gasteiger partial charge in [-0.1, -0.05) is 12.1 Å². The Bertz CT molecular complexity index is 1270. The number of nitrogens with zero attached hydrogens (tertiary/aromatic N) is 7. The molecule has 1 fully saturated rings. The van der Waals surface area contributed by atoms with Crippen LogP contribution in [0.2, 0.25) is 0 Å². The highest BCUT2D eigenvalue weighted by Gasteiger charge is 2.26. The fraction of sp³-hybridized carbons (Fsp3) is 0.407. The predicted molar refractivity (Wildman–Crippen MR) is 143 cm³/mol. The number of nitrogens with two attached hydrogens (primary N) is 1. The molecule has 0 spiro atoms. The summed E-state index contributed by atoms with van der Waals surface area (Å²) in [5.74, 6) is 1.96. The van der Waals surface area contributed by atoms with E-state index in [0.717, 1.165) is 61.9 Å². The maximum absolute atomic E-state index is 12.4. The quantitative estimate of drug-likeness (QED) is 0.601. The third kappa shape index (κ3) is 4.83. The van der Waals surface area contributed by atoms with Crippen LogP contribution in [0.5, 0.6) is 0 Å². The maximum atomic E-state index is 12.4. The summed E-state index contributed by atoms with van der Waals surface area (Å²) in [6.45, 7) is 6.83. The van der Waals surface area contributed by atoms with E-state index in [4.69, 9.17) is 5.73 Å². The van der Waals surface area contributed by atoms with Gasteiger partial charge in [0.15, 0.2) is 0 Å². The molecule has 3 aromatic rings. The van der Waals surface area contributed by atoms with Gasteiger partial charge in [-0.25, -0.2) is 0 Å². The smallest absolute Gasteiger partial charge is 0.271 e. The van der Waals surface area contributed by atoms with Crippen LogP contribution in [0, 0.1) is 0 Å². The molecule has 1 saturated heterocycles. The summed E-state index contributed by atoms with van der Waals surface area (Å²) in [7, 11) is 5.62. The molecule has 1 amide bonds. The number of carbonyl (C=O) groups is 1. The number of fused-ring (bicyclic) bond motifs is 1. The second kappa shape index (κ2) is 9.73. The van der Waals surface area contributed by atoms with Crippen LogP contribution in [0.3, 0.4) is 0 Å². The average molecular weight is 487 g/mol. The summed E-state index contributed by atoms with van der Waals surface area (Å²) in [5.41, 5.74) is 11.3. The first-order valence-electron chi connectivity index (χ1n) is 12.4. The molecule has 2 aliphatic rings. The molecular weight excluding hydrogens is 452 g/mol. The summed E-state index contributed by atoms with van der Waals surface area (Å²) in [6, 6.07) is 12.7. The molecular formula is C27H34N8O. The zero-order valence-corrected chi connectivity index (χ0v) is 21.5. The summed E-state index contributed by atoms with van der Waals surface area (Å²) in [6.07, 6.45) is 2.62. The van der Waals surface area contributed by atoms with Crippen molar-refractivity contribution in [3.63, 3.8) is 0 Å². The highest BCUT2D eigenvalue weighted by molar-refractivity contribution is 5.93. The monoisotopic (exact) mass is 486 g/mol. The van der Waals surface area contributed by atoms with Crippen LogP contribution in [-0.4, -0.2) is 84.0 Å². The third-order valence-electron chi connectivity index (χ3n) is 7.15. The molecule has 0 aliphatic carbocycles. The van der Waals surface area contributed by atoms with Crippen LogP contribution < -0.4 is 15.5 Å². The minimum absolute atomic E-state index is 0.104. The zero-order valence-electron chi connectivity index (χ0n) is 21.5. The highest BCUT2D eigenvalue weighted by atomic mass is 16.2. The largest absolute Gasteiger partial charge is 0.368 e. The number of benzene rings is 1. The second-order valence-corrected chi connectivity index (χ2v) is 10.0.